The predicted octanol–water partition coefficient (Wildman–Crippen LogP) is 0.781. The lowest BCUT2D eigenvalue weighted by Gasteiger charge is -2.19. The maximum Gasteiger partial charge on any atom is 0.490 e. The first kappa shape index (κ1) is 30.2. The van der Waals surface area contributed by atoms with Gasteiger partial charge in [-0.1, -0.05) is 26.2 Å². The van der Waals surface area contributed by atoms with Crippen LogP contribution in [0.1, 0.15) is 38.8 Å². The molecule has 3 heterocycles. The number of phosphoric acid groups is 3. The summed E-state index contributed by atoms with van der Waals surface area (Å²) in [6.07, 6.45) is 0.814. The molecule has 0 amide bonds. The zero-order chi connectivity index (χ0) is 27.4. The third-order valence-corrected chi connectivity index (χ3v) is 8.91. The summed E-state index contributed by atoms with van der Waals surface area (Å²) in [6, 6.07) is 0. The smallest absolute Gasteiger partial charge is 0.387 e. The van der Waals surface area contributed by atoms with Gasteiger partial charge in [-0.05, 0) is 6.42 Å². The molecule has 0 saturated carbocycles. The van der Waals surface area contributed by atoms with E-state index in [2.05, 4.69) is 40.3 Å². The van der Waals surface area contributed by atoms with Crippen LogP contribution >= 0.6 is 23.5 Å². The summed E-state index contributed by atoms with van der Waals surface area (Å²) in [7, 11) is -16.7. The first-order valence-electron chi connectivity index (χ1n) is 10.9. The van der Waals surface area contributed by atoms with Crippen molar-refractivity contribution in [2.75, 3.05) is 18.5 Å². The molecule has 37 heavy (non-hydrogen) atoms. The van der Waals surface area contributed by atoms with Crippen molar-refractivity contribution in [2.24, 2.45) is 0 Å². The topological polar surface area (TPSA) is 265 Å². The van der Waals surface area contributed by atoms with Gasteiger partial charge in [-0.2, -0.15) is 8.62 Å². The van der Waals surface area contributed by atoms with Crippen LogP contribution in [0.25, 0.3) is 11.2 Å². The van der Waals surface area contributed by atoms with Crippen molar-refractivity contribution in [1.29, 1.82) is 0 Å². The van der Waals surface area contributed by atoms with E-state index < -0.39 is 54.6 Å². The number of aliphatic hydroxyl groups is 2. The number of aromatic nitrogens is 4. The Labute approximate surface area is 210 Å². The Balaban J connectivity index is 1.66. The molecule has 0 bridgehead atoms. The average Bonchev–Trinajstić information content (AvgIpc) is 3.31. The molecule has 1 aliphatic heterocycles. The molecule has 18 nitrogen and oxygen atoms in total. The molecule has 7 N–H and O–H groups in total. The van der Waals surface area contributed by atoms with Gasteiger partial charge in [0.15, 0.2) is 23.2 Å². The summed E-state index contributed by atoms with van der Waals surface area (Å²) in [5, 5.41) is 24.0. The normalized spacial score (nSPS) is 25.7. The highest BCUT2D eigenvalue weighted by molar-refractivity contribution is 7.66. The number of ether oxygens (including phenoxy) is 1. The highest BCUT2D eigenvalue weighted by atomic mass is 31.3. The molecule has 0 aromatic carbocycles. The number of nitrogens with zero attached hydrogens (tertiary/aromatic N) is 4. The SMILES string of the molecule is CCCCCCNc1ncnc2c1ncn2[C@@H]1O[C@H](COP(=O)(O)OP(=O)(O)OP(=O)(O)O)[C@@H](O)[C@H]1O. The van der Waals surface area contributed by atoms with Crippen LogP contribution in [0.5, 0.6) is 0 Å². The Bertz CT molecular complexity index is 1210. The van der Waals surface area contributed by atoms with Gasteiger partial charge in [0, 0.05) is 6.54 Å². The van der Waals surface area contributed by atoms with E-state index in [1.165, 1.54) is 17.2 Å². The van der Waals surface area contributed by atoms with Gasteiger partial charge in [-0.25, -0.2) is 28.6 Å². The van der Waals surface area contributed by atoms with Gasteiger partial charge in [0.1, 0.15) is 24.6 Å². The summed E-state index contributed by atoms with van der Waals surface area (Å²) in [5.74, 6) is 0.456. The van der Waals surface area contributed by atoms with Crippen LogP contribution in [-0.2, 0) is 31.6 Å². The molecule has 6 atom stereocenters. The van der Waals surface area contributed by atoms with E-state index in [0.29, 0.717) is 17.9 Å². The fraction of sp³-hybridized carbons (Fsp3) is 0.688. The summed E-state index contributed by atoms with van der Waals surface area (Å²) in [4.78, 5) is 48.5. The Hall–Kier alpha value is -1.36. The number of imidazole rings is 1. The van der Waals surface area contributed by atoms with E-state index in [1.54, 1.807) is 0 Å². The maximum absolute atomic E-state index is 11.9. The van der Waals surface area contributed by atoms with Crippen molar-refractivity contribution in [1.82, 2.24) is 19.5 Å². The highest BCUT2D eigenvalue weighted by Gasteiger charge is 2.47. The number of anilines is 1. The van der Waals surface area contributed by atoms with Crippen molar-refractivity contribution in [3.63, 3.8) is 0 Å². The molecule has 1 saturated heterocycles. The lowest BCUT2D eigenvalue weighted by atomic mass is 10.1. The number of unbranched alkanes of at least 4 members (excludes halogenated alkanes) is 3. The number of rotatable bonds is 14. The van der Waals surface area contributed by atoms with Crippen molar-refractivity contribution in [3.8, 4) is 0 Å². The van der Waals surface area contributed by atoms with Crippen LogP contribution in [0.4, 0.5) is 5.82 Å². The number of aliphatic hydroxyl groups excluding tert-OH is 2. The second-order valence-corrected chi connectivity index (χ2v) is 12.4. The zero-order valence-corrected chi connectivity index (χ0v) is 22.1. The summed E-state index contributed by atoms with van der Waals surface area (Å²) in [5.41, 5.74) is 0.635. The number of phosphoric ester groups is 1. The van der Waals surface area contributed by atoms with Crippen molar-refractivity contribution in [2.45, 2.75) is 57.1 Å². The third-order valence-electron chi connectivity index (χ3n) is 5.11. The van der Waals surface area contributed by atoms with Gasteiger partial charge in [0.05, 0.1) is 12.9 Å². The van der Waals surface area contributed by atoms with Crippen molar-refractivity contribution >= 4 is 40.4 Å². The molecule has 1 fully saturated rings. The number of hydrogen-bond donors (Lipinski definition) is 7. The molecule has 21 heteroatoms. The van der Waals surface area contributed by atoms with E-state index in [-0.39, 0.29) is 5.65 Å². The molecule has 210 valence electrons. The molecule has 0 radical (unpaired) electrons. The average molecular weight is 591 g/mol. The number of fused-ring (bicyclic) bond motifs is 1. The Morgan fingerprint density at radius 1 is 1.00 bits per heavy atom. The van der Waals surface area contributed by atoms with Gasteiger partial charge in [-0.3, -0.25) is 9.09 Å². The summed E-state index contributed by atoms with van der Waals surface area (Å²) in [6.45, 7) is 1.82. The van der Waals surface area contributed by atoms with Crippen LogP contribution < -0.4 is 5.32 Å². The largest absolute Gasteiger partial charge is 0.490 e. The second kappa shape index (κ2) is 12.2. The number of nitrogens with one attached hydrogen (secondary N) is 1. The third kappa shape index (κ3) is 8.31. The standard InChI is InChI=1S/C16H28N5O13P3/c1-2-3-4-5-6-17-14-11-15(19-8-18-14)21(9-20-11)16-13(23)12(22)10(32-16)7-31-36(27,28)34-37(29,30)33-35(24,25)26/h8-10,12-13,16,22-23H,2-7H2,1H3,(H,27,28)(H,29,30)(H,17,18,19)(H2,24,25,26)/t10-,12-,13-,16-/m1/s1. The molecular weight excluding hydrogens is 563 g/mol. The van der Waals surface area contributed by atoms with Crippen LogP contribution in [0.3, 0.4) is 0 Å². The molecular formula is C16H28N5O13P3. The van der Waals surface area contributed by atoms with Crippen LogP contribution in [0.2, 0.25) is 0 Å². The van der Waals surface area contributed by atoms with E-state index in [4.69, 9.17) is 14.5 Å². The van der Waals surface area contributed by atoms with Gasteiger partial charge in [0.2, 0.25) is 0 Å². The van der Waals surface area contributed by atoms with Gasteiger partial charge >= 0.3 is 23.5 Å². The molecule has 0 spiro atoms. The van der Waals surface area contributed by atoms with Crippen molar-refractivity contribution in [3.05, 3.63) is 12.7 Å². The minimum atomic E-state index is -5.71. The van der Waals surface area contributed by atoms with Crippen LogP contribution in [0, 0.1) is 0 Å². The van der Waals surface area contributed by atoms with Gasteiger partial charge in [0.25, 0.3) is 0 Å². The minimum absolute atomic E-state index is 0.260. The molecule has 0 aliphatic carbocycles. The monoisotopic (exact) mass is 591 g/mol. The van der Waals surface area contributed by atoms with Gasteiger partial charge < -0.3 is 39.8 Å². The molecule has 2 unspecified atom stereocenters. The number of hydrogen-bond acceptors (Lipinski definition) is 13. The summed E-state index contributed by atoms with van der Waals surface area (Å²) < 4.78 is 52.7. The highest BCUT2D eigenvalue weighted by Crippen LogP contribution is 2.66. The molecule has 3 rings (SSSR count). The first-order valence-corrected chi connectivity index (χ1v) is 15.5. The zero-order valence-electron chi connectivity index (χ0n) is 19.4. The molecule has 1 aliphatic rings. The lowest BCUT2D eigenvalue weighted by molar-refractivity contribution is -0.0503. The minimum Gasteiger partial charge on any atom is -0.387 e. The quantitative estimate of drug-likeness (QED) is 0.118. The lowest BCUT2D eigenvalue weighted by Crippen LogP contribution is -2.33. The second-order valence-electron chi connectivity index (χ2n) is 7.97. The summed E-state index contributed by atoms with van der Waals surface area (Å²) >= 11 is 0. The predicted molar refractivity (Wildman–Crippen MR) is 124 cm³/mol. The Morgan fingerprint density at radius 3 is 2.41 bits per heavy atom. The van der Waals surface area contributed by atoms with Crippen molar-refractivity contribution < 1.29 is 61.4 Å². The van der Waals surface area contributed by atoms with E-state index in [1.807, 2.05) is 0 Å². The Morgan fingerprint density at radius 2 is 1.73 bits per heavy atom. The van der Waals surface area contributed by atoms with Crippen LogP contribution in [0.15, 0.2) is 12.7 Å². The van der Waals surface area contributed by atoms with Crippen LogP contribution in [-0.4, -0.2) is 80.8 Å². The van der Waals surface area contributed by atoms with E-state index >= 15 is 0 Å². The maximum atomic E-state index is 11.9. The molecule has 2 aromatic rings. The Kier molecular flexibility index (Phi) is 9.97. The fourth-order valence-corrected chi connectivity index (χ4v) is 6.52. The fourth-order valence-electron chi connectivity index (χ4n) is 3.49. The first-order chi connectivity index (χ1) is 17.2. The van der Waals surface area contributed by atoms with E-state index in [9.17, 15) is 33.7 Å². The van der Waals surface area contributed by atoms with E-state index in [0.717, 1.165) is 25.7 Å². The molecule has 2 aromatic heterocycles. The van der Waals surface area contributed by atoms with Gasteiger partial charge in [-0.15, -0.1) is 0 Å².